The van der Waals surface area contributed by atoms with E-state index in [1.807, 2.05) is 24.5 Å². The summed E-state index contributed by atoms with van der Waals surface area (Å²) in [6.45, 7) is 0. The van der Waals surface area contributed by atoms with Crippen LogP contribution in [0.15, 0.2) is 35.7 Å². The summed E-state index contributed by atoms with van der Waals surface area (Å²) in [7, 11) is 0. The number of imidazole rings is 1. The number of fused-ring (bicyclic) bond motifs is 1. The van der Waals surface area contributed by atoms with Crippen LogP contribution in [-0.4, -0.2) is 20.5 Å². The van der Waals surface area contributed by atoms with Crippen LogP contribution in [0.2, 0.25) is 0 Å². The fraction of sp³-hybridized carbons (Fsp3) is 0.579. The molecule has 0 bridgehead atoms. The average molecular weight is 313 g/mol. The topological polar surface area (TPSA) is 50.4 Å². The van der Waals surface area contributed by atoms with Gasteiger partial charge in [0.15, 0.2) is 0 Å². The first kappa shape index (κ1) is 16.0. The number of aromatic nitrogens is 2. The van der Waals surface area contributed by atoms with E-state index in [9.17, 15) is 5.21 Å². The van der Waals surface area contributed by atoms with Crippen LogP contribution in [0.1, 0.15) is 70.3 Å². The van der Waals surface area contributed by atoms with Crippen LogP contribution in [0.4, 0.5) is 0 Å². The van der Waals surface area contributed by atoms with Gasteiger partial charge >= 0.3 is 0 Å². The molecule has 1 atom stereocenters. The molecule has 23 heavy (non-hydrogen) atoms. The van der Waals surface area contributed by atoms with E-state index in [1.165, 1.54) is 44.9 Å². The number of nitrogens with zero attached hydrogens (tertiary/aromatic N) is 3. The fourth-order valence-corrected chi connectivity index (χ4v) is 3.68. The Morgan fingerprint density at radius 2 is 1.65 bits per heavy atom. The summed E-state index contributed by atoms with van der Waals surface area (Å²) in [4.78, 5) is 4.52. The van der Waals surface area contributed by atoms with E-state index in [4.69, 9.17) is 0 Å². The lowest BCUT2D eigenvalue weighted by atomic mass is 9.96. The van der Waals surface area contributed by atoms with E-state index in [1.54, 1.807) is 0 Å². The lowest BCUT2D eigenvalue weighted by molar-refractivity contribution is 0.311. The molecule has 3 rings (SSSR count). The highest BCUT2D eigenvalue weighted by atomic mass is 16.4. The molecule has 1 unspecified atom stereocenters. The highest BCUT2D eigenvalue weighted by Gasteiger charge is 2.20. The van der Waals surface area contributed by atoms with Crippen molar-refractivity contribution < 1.29 is 5.21 Å². The third-order valence-corrected chi connectivity index (χ3v) is 4.99. The summed E-state index contributed by atoms with van der Waals surface area (Å²) in [6, 6.07) is 8.34. The lowest BCUT2D eigenvalue weighted by Gasteiger charge is -2.21. The first-order valence-electron chi connectivity index (χ1n) is 9.02. The quantitative estimate of drug-likeness (QED) is 0.572. The minimum absolute atomic E-state index is 0.131. The minimum atomic E-state index is 0.131. The normalized spacial score (nSPS) is 23.5. The molecule has 4 nitrogen and oxygen atoms in total. The summed E-state index contributed by atoms with van der Waals surface area (Å²) in [5.41, 5.74) is 3.05. The highest BCUT2D eigenvalue weighted by molar-refractivity contribution is 5.89. The largest absolute Gasteiger partial charge is 0.411 e. The molecule has 0 saturated heterocycles. The van der Waals surface area contributed by atoms with Gasteiger partial charge in [-0.05, 0) is 31.4 Å². The van der Waals surface area contributed by atoms with E-state index in [0.29, 0.717) is 0 Å². The molecule has 4 heteroatoms. The first-order valence-corrected chi connectivity index (χ1v) is 9.02. The summed E-state index contributed by atoms with van der Waals surface area (Å²) < 4.78 is 2.20. The van der Waals surface area contributed by atoms with Crippen LogP contribution in [0.3, 0.4) is 0 Å². The van der Waals surface area contributed by atoms with E-state index in [2.05, 4.69) is 20.8 Å². The van der Waals surface area contributed by atoms with Crippen LogP contribution in [-0.2, 0) is 0 Å². The van der Waals surface area contributed by atoms with Crippen molar-refractivity contribution in [1.29, 1.82) is 0 Å². The predicted octanol–water partition coefficient (Wildman–Crippen LogP) is 5.32. The predicted molar refractivity (Wildman–Crippen MR) is 94.2 cm³/mol. The van der Waals surface area contributed by atoms with Gasteiger partial charge in [-0.1, -0.05) is 62.2 Å². The van der Waals surface area contributed by atoms with Gasteiger partial charge in [0, 0.05) is 0 Å². The molecule has 1 aromatic heterocycles. The zero-order chi connectivity index (χ0) is 15.9. The van der Waals surface area contributed by atoms with Gasteiger partial charge in [0.1, 0.15) is 0 Å². The monoisotopic (exact) mass is 313 g/mol. The van der Waals surface area contributed by atoms with E-state index in [0.717, 1.165) is 36.0 Å². The Morgan fingerprint density at radius 3 is 2.43 bits per heavy atom. The molecule has 0 aliphatic heterocycles. The minimum Gasteiger partial charge on any atom is -0.411 e. The summed E-state index contributed by atoms with van der Waals surface area (Å²) in [6.07, 6.45) is 13.9. The Hall–Kier alpha value is -1.84. The van der Waals surface area contributed by atoms with Gasteiger partial charge < -0.3 is 9.77 Å². The average Bonchev–Trinajstić information content (AvgIpc) is 2.99. The standard InChI is InChI=1S/C19H27N3O/c23-21-17-12-7-5-3-1-2-4-6-8-13-19(17)22-15-20-16-11-9-10-14-18(16)22/h9-11,14-15,19,23H,1-8,12-13H2. The van der Waals surface area contributed by atoms with Crippen molar-refractivity contribution in [2.75, 3.05) is 0 Å². The number of hydrogen-bond donors (Lipinski definition) is 1. The molecule has 1 aromatic carbocycles. The third-order valence-electron chi connectivity index (χ3n) is 4.99. The van der Waals surface area contributed by atoms with Crippen molar-refractivity contribution in [2.24, 2.45) is 5.16 Å². The molecule has 0 amide bonds. The van der Waals surface area contributed by atoms with Crippen LogP contribution in [0.5, 0.6) is 0 Å². The molecule has 1 fully saturated rings. The maximum absolute atomic E-state index is 9.59. The highest BCUT2D eigenvalue weighted by Crippen LogP contribution is 2.26. The van der Waals surface area contributed by atoms with Crippen molar-refractivity contribution in [1.82, 2.24) is 9.55 Å². The number of para-hydroxylation sites is 2. The molecule has 1 N–H and O–H groups in total. The van der Waals surface area contributed by atoms with E-state index < -0.39 is 0 Å². The van der Waals surface area contributed by atoms with Crippen LogP contribution in [0.25, 0.3) is 11.0 Å². The first-order chi connectivity index (χ1) is 11.4. The second-order valence-electron chi connectivity index (χ2n) is 6.61. The van der Waals surface area contributed by atoms with Gasteiger partial charge in [0.05, 0.1) is 29.1 Å². The van der Waals surface area contributed by atoms with Gasteiger partial charge in [-0.3, -0.25) is 0 Å². The molecule has 1 aliphatic rings. The van der Waals surface area contributed by atoms with E-state index >= 15 is 0 Å². The fourth-order valence-electron chi connectivity index (χ4n) is 3.68. The zero-order valence-corrected chi connectivity index (χ0v) is 13.8. The SMILES string of the molecule is ON=C1CCCCCCCCCCC1n1cnc2ccccc21. The maximum atomic E-state index is 9.59. The Morgan fingerprint density at radius 1 is 0.957 bits per heavy atom. The molecule has 0 spiro atoms. The molecule has 1 heterocycles. The second-order valence-corrected chi connectivity index (χ2v) is 6.61. The van der Waals surface area contributed by atoms with Crippen molar-refractivity contribution in [3.8, 4) is 0 Å². The zero-order valence-electron chi connectivity index (χ0n) is 13.8. The molecule has 1 saturated carbocycles. The van der Waals surface area contributed by atoms with E-state index in [-0.39, 0.29) is 6.04 Å². The van der Waals surface area contributed by atoms with Crippen molar-refractivity contribution in [3.05, 3.63) is 30.6 Å². The molecule has 2 aromatic rings. The number of benzene rings is 1. The lowest BCUT2D eigenvalue weighted by Crippen LogP contribution is -2.19. The molecule has 0 radical (unpaired) electrons. The van der Waals surface area contributed by atoms with Crippen LogP contribution in [0, 0.1) is 0 Å². The number of rotatable bonds is 1. The smallest absolute Gasteiger partial charge is 0.0964 e. The second kappa shape index (κ2) is 8.14. The molecule has 124 valence electrons. The molecular formula is C19H27N3O. The summed E-state index contributed by atoms with van der Waals surface area (Å²) in [5.74, 6) is 0. The number of oxime groups is 1. The van der Waals surface area contributed by atoms with Gasteiger partial charge in [-0.25, -0.2) is 4.98 Å². The van der Waals surface area contributed by atoms with Gasteiger partial charge in [-0.15, -0.1) is 0 Å². The Kier molecular flexibility index (Phi) is 5.67. The van der Waals surface area contributed by atoms with Gasteiger partial charge in [0.2, 0.25) is 0 Å². The third kappa shape index (κ3) is 3.92. The summed E-state index contributed by atoms with van der Waals surface area (Å²) >= 11 is 0. The van der Waals surface area contributed by atoms with Crippen molar-refractivity contribution >= 4 is 16.7 Å². The Bertz CT molecular complexity index is 647. The maximum Gasteiger partial charge on any atom is 0.0964 e. The van der Waals surface area contributed by atoms with Gasteiger partial charge in [-0.2, -0.15) is 0 Å². The Balaban J connectivity index is 1.87. The molecule has 1 aliphatic carbocycles. The van der Waals surface area contributed by atoms with Crippen molar-refractivity contribution in [2.45, 2.75) is 70.3 Å². The van der Waals surface area contributed by atoms with Gasteiger partial charge in [0.25, 0.3) is 0 Å². The van der Waals surface area contributed by atoms with Crippen LogP contribution < -0.4 is 0 Å². The van der Waals surface area contributed by atoms with Crippen LogP contribution >= 0.6 is 0 Å². The van der Waals surface area contributed by atoms with Crippen molar-refractivity contribution in [3.63, 3.8) is 0 Å². The Labute approximate surface area is 138 Å². The summed E-state index contributed by atoms with van der Waals surface area (Å²) in [5, 5.41) is 13.3. The number of hydrogen-bond acceptors (Lipinski definition) is 3. The molecular weight excluding hydrogens is 286 g/mol.